The summed E-state index contributed by atoms with van der Waals surface area (Å²) in [6.45, 7) is 7.82. The molecule has 1 saturated heterocycles. The lowest BCUT2D eigenvalue weighted by molar-refractivity contribution is 0.216. The maximum Gasteiger partial charge on any atom is 0.128 e. The molecule has 102 valence electrons. The summed E-state index contributed by atoms with van der Waals surface area (Å²) in [5.74, 6) is 1.03. The minimum atomic E-state index is 0.0572. The lowest BCUT2D eigenvalue weighted by Crippen LogP contribution is -2.50. The standard InChI is InChI=1S/C14H19BrN4/c1-3-12(10-16)18-6-8-19(9-7-18)14-5-4-13(15)11(2)17-14/h4-5,12H,3,6-9H2,1-2H3. The molecule has 0 bridgehead atoms. The van der Waals surface area contributed by atoms with Crippen molar-refractivity contribution in [2.75, 3.05) is 31.1 Å². The summed E-state index contributed by atoms with van der Waals surface area (Å²) in [6, 6.07) is 6.54. The van der Waals surface area contributed by atoms with E-state index in [9.17, 15) is 0 Å². The fourth-order valence-electron chi connectivity index (χ4n) is 2.40. The van der Waals surface area contributed by atoms with Gasteiger partial charge in [-0.25, -0.2) is 4.98 Å². The van der Waals surface area contributed by atoms with Crippen molar-refractivity contribution in [2.45, 2.75) is 26.3 Å². The molecule has 0 radical (unpaired) electrons. The maximum atomic E-state index is 9.11. The average Bonchev–Trinajstić information content (AvgIpc) is 2.44. The highest BCUT2D eigenvalue weighted by Crippen LogP contribution is 2.20. The Hall–Kier alpha value is -1.12. The molecule has 0 aliphatic carbocycles. The van der Waals surface area contributed by atoms with Gasteiger partial charge in [0.25, 0.3) is 0 Å². The summed E-state index contributed by atoms with van der Waals surface area (Å²) < 4.78 is 1.05. The Kier molecular flexibility index (Phi) is 4.78. The minimum Gasteiger partial charge on any atom is -0.354 e. The minimum absolute atomic E-state index is 0.0572. The molecule has 0 N–H and O–H groups in total. The van der Waals surface area contributed by atoms with Crippen molar-refractivity contribution in [2.24, 2.45) is 0 Å². The van der Waals surface area contributed by atoms with E-state index >= 15 is 0 Å². The second-order valence-corrected chi connectivity index (χ2v) is 5.67. The van der Waals surface area contributed by atoms with Crippen LogP contribution in [0.3, 0.4) is 0 Å². The van der Waals surface area contributed by atoms with E-state index in [0.717, 1.165) is 48.6 Å². The SMILES string of the molecule is CCC(C#N)N1CCN(c2ccc(Br)c(C)n2)CC1. The zero-order valence-electron chi connectivity index (χ0n) is 11.4. The van der Waals surface area contributed by atoms with E-state index in [-0.39, 0.29) is 6.04 Å². The number of hydrogen-bond acceptors (Lipinski definition) is 4. The predicted octanol–water partition coefficient (Wildman–Crippen LogP) is 2.58. The molecule has 1 unspecified atom stereocenters. The Morgan fingerprint density at radius 3 is 2.58 bits per heavy atom. The van der Waals surface area contributed by atoms with Gasteiger partial charge in [0.05, 0.1) is 17.8 Å². The summed E-state index contributed by atoms with van der Waals surface area (Å²) in [6.07, 6.45) is 0.895. The highest BCUT2D eigenvalue weighted by Gasteiger charge is 2.23. The van der Waals surface area contributed by atoms with Crippen molar-refractivity contribution < 1.29 is 0 Å². The molecule has 1 aliphatic heterocycles. The van der Waals surface area contributed by atoms with Crippen LogP contribution in [0.25, 0.3) is 0 Å². The normalized spacial score (nSPS) is 18.1. The van der Waals surface area contributed by atoms with Gasteiger partial charge in [-0.05, 0) is 41.4 Å². The van der Waals surface area contributed by atoms with E-state index < -0.39 is 0 Å². The van der Waals surface area contributed by atoms with Crippen LogP contribution in [0.4, 0.5) is 5.82 Å². The molecule has 19 heavy (non-hydrogen) atoms. The lowest BCUT2D eigenvalue weighted by atomic mass is 10.2. The first-order valence-corrected chi connectivity index (χ1v) is 7.46. The quantitative estimate of drug-likeness (QED) is 0.857. The Labute approximate surface area is 123 Å². The third-order valence-electron chi connectivity index (χ3n) is 3.62. The zero-order chi connectivity index (χ0) is 13.8. The highest BCUT2D eigenvalue weighted by atomic mass is 79.9. The Balaban J connectivity index is 2.00. The third kappa shape index (κ3) is 3.26. The Morgan fingerprint density at radius 1 is 1.37 bits per heavy atom. The number of nitriles is 1. The van der Waals surface area contributed by atoms with Crippen molar-refractivity contribution in [1.29, 1.82) is 5.26 Å². The Bertz CT molecular complexity index is 475. The number of pyridine rings is 1. The van der Waals surface area contributed by atoms with Crippen LogP contribution < -0.4 is 4.90 Å². The van der Waals surface area contributed by atoms with Crippen LogP contribution in [0.15, 0.2) is 16.6 Å². The molecule has 1 aromatic heterocycles. The highest BCUT2D eigenvalue weighted by molar-refractivity contribution is 9.10. The van der Waals surface area contributed by atoms with Crippen LogP contribution in [0.2, 0.25) is 0 Å². The van der Waals surface area contributed by atoms with Crippen molar-refractivity contribution in [1.82, 2.24) is 9.88 Å². The molecular weight excluding hydrogens is 304 g/mol. The second kappa shape index (κ2) is 6.36. The van der Waals surface area contributed by atoms with E-state index in [4.69, 9.17) is 5.26 Å². The van der Waals surface area contributed by atoms with E-state index in [2.05, 4.69) is 43.7 Å². The first-order chi connectivity index (χ1) is 9.15. The molecule has 0 saturated carbocycles. The molecular formula is C14H19BrN4. The predicted molar refractivity (Wildman–Crippen MR) is 80.2 cm³/mol. The average molecular weight is 323 g/mol. The summed E-state index contributed by atoms with van der Waals surface area (Å²) >= 11 is 3.48. The number of aromatic nitrogens is 1. The summed E-state index contributed by atoms with van der Waals surface area (Å²) in [4.78, 5) is 9.16. The van der Waals surface area contributed by atoms with E-state index in [1.54, 1.807) is 0 Å². The smallest absolute Gasteiger partial charge is 0.128 e. The molecule has 4 nitrogen and oxygen atoms in total. The molecule has 1 atom stereocenters. The molecule has 0 aromatic carbocycles. The van der Waals surface area contributed by atoms with Gasteiger partial charge in [0.2, 0.25) is 0 Å². The largest absolute Gasteiger partial charge is 0.354 e. The molecule has 0 spiro atoms. The van der Waals surface area contributed by atoms with Crippen LogP contribution >= 0.6 is 15.9 Å². The van der Waals surface area contributed by atoms with E-state index in [1.807, 2.05) is 19.1 Å². The number of anilines is 1. The van der Waals surface area contributed by atoms with Crippen LogP contribution in [-0.2, 0) is 0 Å². The number of hydrogen-bond donors (Lipinski definition) is 0. The van der Waals surface area contributed by atoms with Gasteiger partial charge in [-0.2, -0.15) is 5.26 Å². The summed E-state index contributed by atoms with van der Waals surface area (Å²) in [5.41, 5.74) is 1.02. The van der Waals surface area contributed by atoms with Crippen molar-refractivity contribution in [3.05, 3.63) is 22.3 Å². The first-order valence-electron chi connectivity index (χ1n) is 6.67. The molecule has 5 heteroatoms. The number of halogens is 1. The summed E-state index contributed by atoms with van der Waals surface area (Å²) in [7, 11) is 0. The van der Waals surface area contributed by atoms with Crippen molar-refractivity contribution >= 4 is 21.7 Å². The van der Waals surface area contributed by atoms with Gasteiger partial charge in [0, 0.05) is 30.7 Å². The second-order valence-electron chi connectivity index (χ2n) is 4.81. The Morgan fingerprint density at radius 2 is 2.05 bits per heavy atom. The van der Waals surface area contributed by atoms with Gasteiger partial charge in [-0.3, -0.25) is 4.90 Å². The van der Waals surface area contributed by atoms with E-state index in [1.165, 1.54) is 0 Å². The van der Waals surface area contributed by atoms with Crippen molar-refractivity contribution in [3.63, 3.8) is 0 Å². The van der Waals surface area contributed by atoms with Gasteiger partial charge < -0.3 is 4.90 Å². The molecule has 1 aliphatic rings. The summed E-state index contributed by atoms with van der Waals surface area (Å²) in [5, 5.41) is 9.11. The molecule has 0 amide bonds. The third-order valence-corrected chi connectivity index (χ3v) is 4.46. The molecule has 1 fully saturated rings. The number of rotatable bonds is 3. The van der Waals surface area contributed by atoms with Gasteiger partial charge in [0.15, 0.2) is 0 Å². The van der Waals surface area contributed by atoms with Crippen LogP contribution in [-0.4, -0.2) is 42.1 Å². The van der Waals surface area contributed by atoms with E-state index in [0.29, 0.717) is 0 Å². The molecule has 2 heterocycles. The fraction of sp³-hybridized carbons (Fsp3) is 0.571. The lowest BCUT2D eigenvalue weighted by Gasteiger charge is -2.37. The monoisotopic (exact) mass is 322 g/mol. The van der Waals surface area contributed by atoms with Crippen molar-refractivity contribution in [3.8, 4) is 6.07 Å². The van der Waals surface area contributed by atoms with Gasteiger partial charge >= 0.3 is 0 Å². The first kappa shape index (κ1) is 14.3. The molecule has 1 aromatic rings. The van der Waals surface area contributed by atoms with Crippen LogP contribution in [0.1, 0.15) is 19.0 Å². The fourth-order valence-corrected chi connectivity index (χ4v) is 2.62. The van der Waals surface area contributed by atoms with Crippen LogP contribution in [0.5, 0.6) is 0 Å². The van der Waals surface area contributed by atoms with Gasteiger partial charge in [0.1, 0.15) is 5.82 Å². The van der Waals surface area contributed by atoms with Gasteiger partial charge in [-0.15, -0.1) is 0 Å². The maximum absolute atomic E-state index is 9.11. The topological polar surface area (TPSA) is 43.2 Å². The number of aryl methyl sites for hydroxylation is 1. The van der Waals surface area contributed by atoms with Crippen LogP contribution in [0, 0.1) is 18.3 Å². The number of piperazine rings is 1. The zero-order valence-corrected chi connectivity index (χ0v) is 13.0. The number of nitrogens with zero attached hydrogens (tertiary/aromatic N) is 4. The van der Waals surface area contributed by atoms with Gasteiger partial charge in [-0.1, -0.05) is 6.92 Å². The molecule has 2 rings (SSSR count).